The van der Waals surface area contributed by atoms with Crippen molar-refractivity contribution in [1.29, 1.82) is 0 Å². The van der Waals surface area contributed by atoms with Crippen LogP contribution in [-0.4, -0.2) is 5.11 Å². The standard InChI is InChI=1S/C19H13Cl3O2/c20-14-8-4-12(5-9-14)18(23)13-6-10-15(11-7-13)24-19-16(21)2-1-3-17(19)22/h1-11,18,23H. The molecule has 0 radical (unpaired) electrons. The van der Waals surface area contributed by atoms with E-state index in [1.807, 2.05) is 0 Å². The van der Waals surface area contributed by atoms with Crippen molar-refractivity contribution in [1.82, 2.24) is 0 Å². The molecule has 24 heavy (non-hydrogen) atoms. The minimum atomic E-state index is -0.736. The van der Waals surface area contributed by atoms with Crippen LogP contribution in [0.5, 0.6) is 11.5 Å². The van der Waals surface area contributed by atoms with Gasteiger partial charge in [0, 0.05) is 5.02 Å². The van der Waals surface area contributed by atoms with Gasteiger partial charge < -0.3 is 9.84 Å². The first-order valence-corrected chi connectivity index (χ1v) is 8.33. The average Bonchev–Trinajstić information content (AvgIpc) is 2.59. The minimum absolute atomic E-state index is 0.409. The van der Waals surface area contributed by atoms with Crippen LogP contribution in [0.1, 0.15) is 17.2 Å². The van der Waals surface area contributed by atoms with E-state index in [9.17, 15) is 5.11 Å². The van der Waals surface area contributed by atoms with E-state index in [2.05, 4.69) is 0 Å². The van der Waals surface area contributed by atoms with Crippen LogP contribution in [0, 0.1) is 0 Å². The molecule has 0 spiro atoms. The van der Waals surface area contributed by atoms with Gasteiger partial charge in [-0.05, 0) is 47.5 Å². The van der Waals surface area contributed by atoms with Crippen LogP contribution in [0.4, 0.5) is 0 Å². The number of benzene rings is 3. The number of hydrogen-bond acceptors (Lipinski definition) is 2. The van der Waals surface area contributed by atoms with Crippen LogP contribution in [0.2, 0.25) is 15.1 Å². The summed E-state index contributed by atoms with van der Waals surface area (Å²) in [4.78, 5) is 0. The van der Waals surface area contributed by atoms with E-state index in [1.165, 1.54) is 0 Å². The zero-order chi connectivity index (χ0) is 17.1. The number of rotatable bonds is 4. The highest BCUT2D eigenvalue weighted by molar-refractivity contribution is 6.37. The van der Waals surface area contributed by atoms with Gasteiger partial charge in [0.25, 0.3) is 0 Å². The lowest BCUT2D eigenvalue weighted by Gasteiger charge is -2.13. The smallest absolute Gasteiger partial charge is 0.164 e. The third-order valence-electron chi connectivity index (χ3n) is 3.52. The van der Waals surface area contributed by atoms with Crippen LogP contribution in [-0.2, 0) is 0 Å². The van der Waals surface area contributed by atoms with Crippen molar-refractivity contribution in [3.05, 3.63) is 92.9 Å². The topological polar surface area (TPSA) is 29.5 Å². The lowest BCUT2D eigenvalue weighted by molar-refractivity contribution is 0.220. The second-order valence-corrected chi connectivity index (χ2v) is 6.43. The summed E-state index contributed by atoms with van der Waals surface area (Å²) in [5.41, 5.74) is 1.51. The highest BCUT2D eigenvalue weighted by Crippen LogP contribution is 2.36. The van der Waals surface area contributed by atoms with Gasteiger partial charge in [0.15, 0.2) is 5.75 Å². The van der Waals surface area contributed by atoms with Gasteiger partial charge in [0.05, 0.1) is 10.0 Å². The van der Waals surface area contributed by atoms with Crippen LogP contribution in [0.25, 0.3) is 0 Å². The largest absolute Gasteiger partial charge is 0.454 e. The van der Waals surface area contributed by atoms with Crippen molar-refractivity contribution < 1.29 is 9.84 Å². The van der Waals surface area contributed by atoms with Crippen LogP contribution < -0.4 is 4.74 Å². The molecule has 0 amide bonds. The first-order chi connectivity index (χ1) is 11.5. The molecule has 0 heterocycles. The fourth-order valence-electron chi connectivity index (χ4n) is 2.25. The van der Waals surface area contributed by atoms with Gasteiger partial charge in [-0.3, -0.25) is 0 Å². The molecule has 0 aliphatic heterocycles. The van der Waals surface area contributed by atoms with E-state index in [1.54, 1.807) is 66.7 Å². The van der Waals surface area contributed by atoms with Gasteiger partial charge in [-0.1, -0.05) is 65.1 Å². The minimum Gasteiger partial charge on any atom is -0.454 e. The van der Waals surface area contributed by atoms with Crippen molar-refractivity contribution in [3.63, 3.8) is 0 Å². The maximum absolute atomic E-state index is 10.4. The zero-order valence-electron chi connectivity index (χ0n) is 12.4. The van der Waals surface area contributed by atoms with Crippen LogP contribution >= 0.6 is 34.8 Å². The molecule has 0 aliphatic carbocycles. The second kappa shape index (κ2) is 7.45. The molecule has 1 unspecified atom stereocenters. The Bertz CT molecular complexity index is 810. The fourth-order valence-corrected chi connectivity index (χ4v) is 2.85. The maximum atomic E-state index is 10.4. The lowest BCUT2D eigenvalue weighted by Crippen LogP contribution is -1.99. The summed E-state index contributed by atoms with van der Waals surface area (Å²) in [6, 6.07) is 19.3. The van der Waals surface area contributed by atoms with Gasteiger partial charge in [0.2, 0.25) is 0 Å². The molecule has 0 aromatic heterocycles. The average molecular weight is 380 g/mol. The van der Waals surface area contributed by atoms with E-state index in [-0.39, 0.29) is 0 Å². The molecular weight excluding hydrogens is 367 g/mol. The molecule has 0 fully saturated rings. The molecule has 0 aliphatic rings. The van der Waals surface area contributed by atoms with E-state index < -0.39 is 6.10 Å². The normalized spacial score (nSPS) is 12.0. The Morgan fingerprint density at radius 2 is 1.21 bits per heavy atom. The summed E-state index contributed by atoms with van der Waals surface area (Å²) in [6.45, 7) is 0. The molecule has 3 aromatic rings. The number of ether oxygens (including phenoxy) is 1. The Labute approximate surface area is 155 Å². The third kappa shape index (κ3) is 3.85. The van der Waals surface area contributed by atoms with Crippen LogP contribution in [0.15, 0.2) is 66.7 Å². The number of aliphatic hydroxyl groups is 1. The maximum Gasteiger partial charge on any atom is 0.164 e. The molecule has 1 N–H and O–H groups in total. The van der Waals surface area contributed by atoms with Gasteiger partial charge in [-0.2, -0.15) is 0 Å². The van der Waals surface area contributed by atoms with Crippen molar-refractivity contribution in [2.75, 3.05) is 0 Å². The van der Waals surface area contributed by atoms with Crippen molar-refractivity contribution in [3.8, 4) is 11.5 Å². The van der Waals surface area contributed by atoms with E-state index in [4.69, 9.17) is 39.5 Å². The van der Waals surface area contributed by atoms with Crippen LogP contribution in [0.3, 0.4) is 0 Å². The van der Waals surface area contributed by atoms with E-state index in [0.717, 1.165) is 11.1 Å². The first kappa shape index (κ1) is 17.1. The number of aliphatic hydroxyl groups excluding tert-OH is 1. The van der Waals surface area contributed by atoms with E-state index in [0.29, 0.717) is 26.6 Å². The SMILES string of the molecule is OC(c1ccc(Cl)cc1)c1ccc(Oc2c(Cl)cccc2Cl)cc1. The Hall–Kier alpha value is -1.71. The highest BCUT2D eigenvalue weighted by Gasteiger charge is 2.12. The zero-order valence-corrected chi connectivity index (χ0v) is 14.7. The summed E-state index contributed by atoms with van der Waals surface area (Å²) in [6.07, 6.45) is -0.736. The molecule has 3 aromatic carbocycles. The molecule has 5 heteroatoms. The first-order valence-electron chi connectivity index (χ1n) is 7.20. The van der Waals surface area contributed by atoms with Crippen molar-refractivity contribution in [2.45, 2.75) is 6.10 Å². The Morgan fingerprint density at radius 3 is 1.75 bits per heavy atom. The third-order valence-corrected chi connectivity index (χ3v) is 4.37. The number of hydrogen-bond donors (Lipinski definition) is 1. The van der Waals surface area contributed by atoms with Gasteiger partial charge in [-0.15, -0.1) is 0 Å². The van der Waals surface area contributed by atoms with E-state index >= 15 is 0 Å². The number of para-hydroxylation sites is 1. The summed E-state index contributed by atoms with van der Waals surface area (Å²) < 4.78 is 5.73. The van der Waals surface area contributed by atoms with Gasteiger partial charge in [0.1, 0.15) is 11.9 Å². The highest BCUT2D eigenvalue weighted by atomic mass is 35.5. The quantitative estimate of drug-likeness (QED) is 0.559. The predicted octanol–water partition coefficient (Wildman–Crippen LogP) is 6.52. The lowest BCUT2D eigenvalue weighted by atomic mass is 10.0. The molecule has 0 saturated heterocycles. The van der Waals surface area contributed by atoms with Crippen molar-refractivity contribution >= 4 is 34.8 Å². The van der Waals surface area contributed by atoms with Gasteiger partial charge >= 0.3 is 0 Å². The molecule has 122 valence electrons. The Morgan fingerprint density at radius 1 is 0.708 bits per heavy atom. The van der Waals surface area contributed by atoms with Crippen molar-refractivity contribution in [2.24, 2.45) is 0 Å². The summed E-state index contributed by atoms with van der Waals surface area (Å²) in [5.74, 6) is 0.990. The summed E-state index contributed by atoms with van der Waals surface area (Å²) in [5, 5.41) is 11.9. The molecule has 0 saturated carbocycles. The monoisotopic (exact) mass is 378 g/mol. The molecule has 0 bridgehead atoms. The molecule has 3 rings (SSSR count). The molecule has 2 nitrogen and oxygen atoms in total. The Balaban J connectivity index is 1.79. The summed E-state index contributed by atoms with van der Waals surface area (Å²) >= 11 is 18.1. The Kier molecular flexibility index (Phi) is 5.32. The fraction of sp³-hybridized carbons (Fsp3) is 0.0526. The molecular formula is C19H13Cl3O2. The number of halogens is 3. The second-order valence-electron chi connectivity index (χ2n) is 5.18. The van der Waals surface area contributed by atoms with Gasteiger partial charge in [-0.25, -0.2) is 0 Å². The predicted molar refractivity (Wildman–Crippen MR) is 98.5 cm³/mol. The molecule has 1 atom stereocenters. The summed E-state index contributed by atoms with van der Waals surface area (Å²) in [7, 11) is 0.